The first-order valence-electron chi connectivity index (χ1n) is 5.77. The minimum atomic E-state index is -3.82. The van der Waals surface area contributed by atoms with Gasteiger partial charge in [0.05, 0.1) is 5.56 Å². The molecule has 106 valence electrons. The zero-order valence-corrected chi connectivity index (χ0v) is 11.8. The lowest BCUT2D eigenvalue weighted by atomic mass is 10.3. The number of rotatable bonds is 7. The SMILES string of the molecule is CN(C)CCCNS(=O)(=O)NC(=O)c1cccnc1. The molecule has 2 N–H and O–H groups in total. The maximum atomic E-state index is 11.6. The molecule has 0 spiro atoms. The second-order valence-electron chi connectivity index (χ2n) is 4.23. The Morgan fingerprint density at radius 2 is 2.16 bits per heavy atom. The Kier molecular flexibility index (Phi) is 5.87. The van der Waals surface area contributed by atoms with E-state index in [9.17, 15) is 13.2 Å². The first kappa shape index (κ1) is 15.5. The third-order valence-electron chi connectivity index (χ3n) is 2.22. The van der Waals surface area contributed by atoms with Gasteiger partial charge in [-0.05, 0) is 39.2 Å². The summed E-state index contributed by atoms with van der Waals surface area (Å²) in [6, 6.07) is 3.05. The van der Waals surface area contributed by atoms with Crippen LogP contribution in [0.5, 0.6) is 0 Å². The average molecular weight is 286 g/mol. The number of carbonyl (C=O) groups excluding carboxylic acids is 1. The smallest absolute Gasteiger partial charge is 0.301 e. The molecule has 1 amide bonds. The molecule has 1 aromatic heterocycles. The fraction of sp³-hybridized carbons (Fsp3) is 0.455. The normalized spacial score (nSPS) is 11.5. The molecule has 0 aromatic carbocycles. The highest BCUT2D eigenvalue weighted by atomic mass is 32.2. The molecule has 0 bridgehead atoms. The number of hydrogen-bond acceptors (Lipinski definition) is 5. The minimum absolute atomic E-state index is 0.196. The van der Waals surface area contributed by atoms with Crippen molar-refractivity contribution in [1.29, 1.82) is 0 Å². The predicted octanol–water partition coefficient (Wildman–Crippen LogP) is -0.402. The van der Waals surface area contributed by atoms with E-state index >= 15 is 0 Å². The van der Waals surface area contributed by atoms with Crippen molar-refractivity contribution in [3.05, 3.63) is 30.1 Å². The van der Waals surface area contributed by atoms with Crippen molar-refractivity contribution in [3.8, 4) is 0 Å². The molecule has 1 heterocycles. The van der Waals surface area contributed by atoms with Crippen LogP contribution in [0.2, 0.25) is 0 Å². The quantitative estimate of drug-likeness (QED) is 0.665. The van der Waals surface area contributed by atoms with Crippen LogP contribution in [0, 0.1) is 0 Å². The van der Waals surface area contributed by atoms with E-state index in [0.717, 1.165) is 6.54 Å². The molecule has 0 unspecified atom stereocenters. The van der Waals surface area contributed by atoms with Crippen LogP contribution < -0.4 is 9.44 Å². The number of aromatic nitrogens is 1. The molecule has 0 saturated heterocycles. The molecule has 0 fully saturated rings. The molecule has 0 atom stereocenters. The highest BCUT2D eigenvalue weighted by molar-refractivity contribution is 7.88. The van der Waals surface area contributed by atoms with Gasteiger partial charge in [-0.25, -0.2) is 4.72 Å². The first-order chi connectivity index (χ1) is 8.91. The molecule has 19 heavy (non-hydrogen) atoms. The van der Waals surface area contributed by atoms with Gasteiger partial charge >= 0.3 is 10.2 Å². The number of nitrogens with one attached hydrogen (secondary N) is 2. The van der Waals surface area contributed by atoms with Gasteiger partial charge < -0.3 is 4.90 Å². The van der Waals surface area contributed by atoms with Gasteiger partial charge in [0.1, 0.15) is 0 Å². The van der Waals surface area contributed by atoms with Gasteiger partial charge in [0, 0.05) is 18.9 Å². The summed E-state index contributed by atoms with van der Waals surface area (Å²) in [5, 5.41) is 0. The molecular weight excluding hydrogens is 268 g/mol. The van der Waals surface area contributed by atoms with Crippen LogP contribution in [0.15, 0.2) is 24.5 Å². The molecule has 1 aromatic rings. The zero-order valence-electron chi connectivity index (χ0n) is 11.0. The fourth-order valence-electron chi connectivity index (χ4n) is 1.32. The molecule has 1 rings (SSSR count). The van der Waals surface area contributed by atoms with Gasteiger partial charge in [0.25, 0.3) is 5.91 Å². The summed E-state index contributed by atoms with van der Waals surface area (Å²) in [5.74, 6) is -0.701. The lowest BCUT2D eigenvalue weighted by molar-refractivity contribution is 0.0980. The summed E-state index contributed by atoms with van der Waals surface area (Å²) >= 11 is 0. The van der Waals surface area contributed by atoms with E-state index in [1.807, 2.05) is 23.7 Å². The van der Waals surface area contributed by atoms with Crippen LogP contribution in [0.1, 0.15) is 16.8 Å². The summed E-state index contributed by atoms with van der Waals surface area (Å²) in [6.45, 7) is 1.03. The standard InChI is InChI=1S/C11H18N4O3S/c1-15(2)8-4-7-13-19(17,18)14-11(16)10-5-3-6-12-9-10/h3,5-6,9,13H,4,7-8H2,1-2H3,(H,14,16). The lowest BCUT2D eigenvalue weighted by Crippen LogP contribution is -2.41. The van der Waals surface area contributed by atoms with E-state index in [1.165, 1.54) is 18.5 Å². The van der Waals surface area contributed by atoms with Crippen LogP contribution in [-0.2, 0) is 10.2 Å². The van der Waals surface area contributed by atoms with Crippen molar-refractivity contribution in [2.75, 3.05) is 27.2 Å². The highest BCUT2D eigenvalue weighted by Gasteiger charge is 2.14. The number of pyridine rings is 1. The van der Waals surface area contributed by atoms with Crippen LogP contribution in [0.4, 0.5) is 0 Å². The Balaban J connectivity index is 2.44. The molecule has 0 aliphatic rings. The summed E-state index contributed by atoms with van der Waals surface area (Å²) < 4.78 is 27.4. The van der Waals surface area contributed by atoms with Crippen LogP contribution >= 0.6 is 0 Å². The van der Waals surface area contributed by atoms with Crippen molar-refractivity contribution in [2.24, 2.45) is 0 Å². The maximum absolute atomic E-state index is 11.6. The summed E-state index contributed by atoms with van der Waals surface area (Å²) in [5.41, 5.74) is 0.196. The second-order valence-corrected chi connectivity index (χ2v) is 5.73. The Labute approximate surface area is 113 Å². The molecule has 0 radical (unpaired) electrons. The second kappa shape index (κ2) is 7.17. The number of hydrogen-bond donors (Lipinski definition) is 2. The van der Waals surface area contributed by atoms with E-state index in [1.54, 1.807) is 6.07 Å². The Morgan fingerprint density at radius 3 is 2.74 bits per heavy atom. The molecule has 8 heteroatoms. The van der Waals surface area contributed by atoms with Gasteiger partial charge in [-0.3, -0.25) is 9.78 Å². The van der Waals surface area contributed by atoms with Crippen LogP contribution in [0.3, 0.4) is 0 Å². The first-order valence-corrected chi connectivity index (χ1v) is 7.25. The molecule has 0 saturated carbocycles. The van der Waals surface area contributed by atoms with Crippen molar-refractivity contribution in [1.82, 2.24) is 19.3 Å². The van der Waals surface area contributed by atoms with Crippen LogP contribution in [0.25, 0.3) is 0 Å². The fourth-order valence-corrected chi connectivity index (χ4v) is 2.16. The van der Waals surface area contributed by atoms with Crippen LogP contribution in [-0.4, -0.2) is 51.4 Å². The van der Waals surface area contributed by atoms with Crippen molar-refractivity contribution in [3.63, 3.8) is 0 Å². The third kappa shape index (κ3) is 6.27. The van der Waals surface area contributed by atoms with Gasteiger partial charge in [0.2, 0.25) is 0 Å². The average Bonchev–Trinajstić information content (AvgIpc) is 2.35. The number of nitrogens with zero attached hydrogens (tertiary/aromatic N) is 2. The van der Waals surface area contributed by atoms with Gasteiger partial charge in [-0.15, -0.1) is 0 Å². The van der Waals surface area contributed by atoms with E-state index in [2.05, 4.69) is 9.71 Å². The number of amides is 1. The summed E-state index contributed by atoms with van der Waals surface area (Å²) in [4.78, 5) is 17.3. The Hall–Kier alpha value is -1.51. The highest BCUT2D eigenvalue weighted by Crippen LogP contribution is 1.96. The Bertz CT molecular complexity index is 502. The zero-order chi connectivity index (χ0) is 14.3. The van der Waals surface area contributed by atoms with Gasteiger partial charge in [-0.2, -0.15) is 13.1 Å². The summed E-state index contributed by atoms with van der Waals surface area (Å²) in [7, 11) is -0.0198. The molecular formula is C11H18N4O3S. The van der Waals surface area contributed by atoms with E-state index in [4.69, 9.17) is 0 Å². The molecule has 0 aliphatic carbocycles. The minimum Gasteiger partial charge on any atom is -0.309 e. The lowest BCUT2D eigenvalue weighted by Gasteiger charge is -2.10. The largest absolute Gasteiger partial charge is 0.309 e. The van der Waals surface area contributed by atoms with Gasteiger partial charge in [0.15, 0.2) is 0 Å². The maximum Gasteiger partial charge on any atom is 0.301 e. The van der Waals surface area contributed by atoms with Gasteiger partial charge in [-0.1, -0.05) is 0 Å². The van der Waals surface area contributed by atoms with E-state index in [-0.39, 0.29) is 12.1 Å². The number of carbonyl (C=O) groups is 1. The van der Waals surface area contributed by atoms with Crippen molar-refractivity contribution in [2.45, 2.75) is 6.42 Å². The monoisotopic (exact) mass is 286 g/mol. The summed E-state index contributed by atoms with van der Waals surface area (Å²) in [6.07, 6.45) is 3.47. The molecule has 7 nitrogen and oxygen atoms in total. The predicted molar refractivity (Wildman–Crippen MR) is 71.8 cm³/mol. The molecule has 0 aliphatic heterocycles. The van der Waals surface area contributed by atoms with Crippen molar-refractivity contribution < 1.29 is 13.2 Å². The van der Waals surface area contributed by atoms with E-state index < -0.39 is 16.1 Å². The topological polar surface area (TPSA) is 91.4 Å². The Morgan fingerprint density at radius 1 is 1.42 bits per heavy atom. The van der Waals surface area contributed by atoms with Crippen molar-refractivity contribution >= 4 is 16.1 Å². The third-order valence-corrected chi connectivity index (χ3v) is 3.26. The van der Waals surface area contributed by atoms with E-state index in [0.29, 0.717) is 6.42 Å².